The Morgan fingerprint density at radius 3 is 3.00 bits per heavy atom. The van der Waals surface area contributed by atoms with Crippen molar-refractivity contribution in [2.45, 2.75) is 51.2 Å². The van der Waals surface area contributed by atoms with E-state index < -0.39 is 0 Å². The molecule has 112 valence electrons. The zero-order chi connectivity index (χ0) is 14.4. The lowest BCUT2D eigenvalue weighted by Gasteiger charge is -2.25. The van der Waals surface area contributed by atoms with Gasteiger partial charge < -0.3 is 10.1 Å². The molecule has 1 N–H and O–H groups in total. The Labute approximate surface area is 129 Å². The minimum absolute atomic E-state index is 0.0584. The van der Waals surface area contributed by atoms with Gasteiger partial charge in [-0.15, -0.1) is 0 Å². The number of benzene rings is 1. The summed E-state index contributed by atoms with van der Waals surface area (Å²) in [5.74, 6) is -0.135. The summed E-state index contributed by atoms with van der Waals surface area (Å²) in [4.78, 5) is 0. The second kappa shape index (κ2) is 8.11. The highest BCUT2D eigenvalue weighted by Gasteiger charge is 2.19. The maximum atomic E-state index is 14.0. The zero-order valence-corrected chi connectivity index (χ0v) is 13.6. The Morgan fingerprint density at radius 2 is 2.30 bits per heavy atom. The molecular formula is C16H23BrFNO. The van der Waals surface area contributed by atoms with Gasteiger partial charge in [-0.25, -0.2) is 4.39 Å². The van der Waals surface area contributed by atoms with Crippen molar-refractivity contribution < 1.29 is 9.13 Å². The van der Waals surface area contributed by atoms with Crippen LogP contribution >= 0.6 is 15.9 Å². The van der Waals surface area contributed by atoms with Crippen LogP contribution in [0.25, 0.3) is 0 Å². The van der Waals surface area contributed by atoms with Crippen LogP contribution < -0.4 is 5.32 Å². The van der Waals surface area contributed by atoms with E-state index in [9.17, 15) is 4.39 Å². The Hall–Kier alpha value is -0.450. The molecule has 2 rings (SSSR count). The zero-order valence-electron chi connectivity index (χ0n) is 12.0. The van der Waals surface area contributed by atoms with E-state index in [1.807, 2.05) is 6.07 Å². The number of hydrogen-bond acceptors (Lipinski definition) is 2. The minimum Gasteiger partial charge on any atom is -0.378 e. The average molecular weight is 344 g/mol. The van der Waals surface area contributed by atoms with Crippen LogP contribution in [0, 0.1) is 5.82 Å². The van der Waals surface area contributed by atoms with Gasteiger partial charge in [-0.05, 0) is 56.8 Å². The first-order chi connectivity index (χ1) is 9.70. The molecule has 1 aliphatic rings. The van der Waals surface area contributed by atoms with Gasteiger partial charge in [0.25, 0.3) is 0 Å². The molecule has 0 spiro atoms. The van der Waals surface area contributed by atoms with Crippen LogP contribution in [-0.4, -0.2) is 19.3 Å². The summed E-state index contributed by atoms with van der Waals surface area (Å²) in [5, 5.41) is 3.39. The number of hydrogen-bond donors (Lipinski definition) is 1. The molecule has 0 aliphatic carbocycles. The van der Waals surface area contributed by atoms with Crippen LogP contribution in [0.1, 0.15) is 50.6 Å². The molecule has 1 saturated heterocycles. The maximum absolute atomic E-state index is 14.0. The third kappa shape index (κ3) is 4.54. The molecule has 1 aliphatic heterocycles. The second-order valence-corrected chi connectivity index (χ2v) is 6.26. The number of halogens is 2. The Morgan fingerprint density at radius 1 is 1.45 bits per heavy atom. The first-order valence-corrected chi connectivity index (χ1v) is 8.30. The van der Waals surface area contributed by atoms with Gasteiger partial charge in [0.2, 0.25) is 0 Å². The third-order valence-corrected chi connectivity index (χ3v) is 4.33. The van der Waals surface area contributed by atoms with E-state index in [0.29, 0.717) is 6.10 Å². The van der Waals surface area contributed by atoms with Crippen LogP contribution in [0.3, 0.4) is 0 Å². The van der Waals surface area contributed by atoms with Gasteiger partial charge in [0.15, 0.2) is 0 Å². The molecule has 0 saturated carbocycles. The largest absolute Gasteiger partial charge is 0.378 e. The summed E-state index contributed by atoms with van der Waals surface area (Å²) in [6.07, 6.45) is 5.81. The topological polar surface area (TPSA) is 21.3 Å². The second-order valence-electron chi connectivity index (χ2n) is 5.34. The molecule has 1 aromatic carbocycles. The first kappa shape index (κ1) is 15.9. The van der Waals surface area contributed by atoms with E-state index in [0.717, 1.165) is 42.5 Å². The van der Waals surface area contributed by atoms with Gasteiger partial charge in [0, 0.05) is 22.7 Å². The standard InChI is InChI=1S/C16H23BrFNO/c1-2-19-16(9-7-13-5-3-4-10-20-13)14-11-12(17)6-8-15(14)18/h6,8,11,13,16,19H,2-5,7,9-10H2,1H3. The predicted octanol–water partition coefficient (Wildman–Crippen LogP) is 4.59. The molecule has 2 atom stereocenters. The lowest BCUT2D eigenvalue weighted by molar-refractivity contribution is 0.00851. The van der Waals surface area contributed by atoms with Crippen molar-refractivity contribution in [1.82, 2.24) is 5.32 Å². The van der Waals surface area contributed by atoms with Crippen LogP contribution in [0.4, 0.5) is 4.39 Å². The highest BCUT2D eigenvalue weighted by atomic mass is 79.9. The van der Waals surface area contributed by atoms with Gasteiger partial charge in [-0.3, -0.25) is 0 Å². The first-order valence-electron chi connectivity index (χ1n) is 7.50. The summed E-state index contributed by atoms with van der Waals surface area (Å²) in [5.41, 5.74) is 0.747. The number of nitrogens with one attached hydrogen (secondary N) is 1. The van der Waals surface area contributed by atoms with Gasteiger partial charge in [-0.1, -0.05) is 22.9 Å². The van der Waals surface area contributed by atoms with E-state index in [1.165, 1.54) is 18.9 Å². The number of ether oxygens (including phenoxy) is 1. The van der Waals surface area contributed by atoms with Crippen molar-refractivity contribution in [2.24, 2.45) is 0 Å². The molecule has 4 heteroatoms. The Balaban J connectivity index is 2.00. The molecule has 1 heterocycles. The third-order valence-electron chi connectivity index (χ3n) is 3.84. The van der Waals surface area contributed by atoms with E-state index >= 15 is 0 Å². The molecule has 0 amide bonds. The van der Waals surface area contributed by atoms with Crippen LogP contribution in [0.15, 0.2) is 22.7 Å². The molecule has 0 bridgehead atoms. The fraction of sp³-hybridized carbons (Fsp3) is 0.625. The minimum atomic E-state index is -0.135. The molecule has 20 heavy (non-hydrogen) atoms. The monoisotopic (exact) mass is 343 g/mol. The van der Waals surface area contributed by atoms with Crippen molar-refractivity contribution in [3.63, 3.8) is 0 Å². The van der Waals surface area contributed by atoms with Crippen molar-refractivity contribution in [3.8, 4) is 0 Å². The fourth-order valence-electron chi connectivity index (χ4n) is 2.78. The highest BCUT2D eigenvalue weighted by Crippen LogP contribution is 2.27. The fourth-order valence-corrected chi connectivity index (χ4v) is 3.16. The van der Waals surface area contributed by atoms with E-state index in [4.69, 9.17) is 4.74 Å². The maximum Gasteiger partial charge on any atom is 0.128 e. The number of rotatable bonds is 6. The summed E-state index contributed by atoms with van der Waals surface area (Å²) in [6, 6.07) is 5.21. The molecule has 1 aromatic rings. The van der Waals surface area contributed by atoms with E-state index in [-0.39, 0.29) is 11.9 Å². The summed E-state index contributed by atoms with van der Waals surface area (Å²) < 4.78 is 20.7. The van der Waals surface area contributed by atoms with Crippen LogP contribution in [0.5, 0.6) is 0 Å². The van der Waals surface area contributed by atoms with Gasteiger partial charge in [0.1, 0.15) is 5.82 Å². The Bertz CT molecular complexity index is 421. The molecular weight excluding hydrogens is 321 g/mol. The van der Waals surface area contributed by atoms with Gasteiger partial charge in [-0.2, -0.15) is 0 Å². The lowest BCUT2D eigenvalue weighted by atomic mass is 9.97. The smallest absolute Gasteiger partial charge is 0.128 e. The van der Waals surface area contributed by atoms with Gasteiger partial charge in [0.05, 0.1) is 6.10 Å². The quantitative estimate of drug-likeness (QED) is 0.815. The normalized spacial score (nSPS) is 20.9. The summed E-state index contributed by atoms with van der Waals surface area (Å²) in [7, 11) is 0. The van der Waals surface area contributed by atoms with Crippen molar-refractivity contribution >= 4 is 15.9 Å². The summed E-state index contributed by atoms with van der Waals surface area (Å²) >= 11 is 3.42. The Kier molecular flexibility index (Phi) is 6.46. The molecule has 2 unspecified atom stereocenters. The molecule has 0 radical (unpaired) electrons. The van der Waals surface area contributed by atoms with Crippen molar-refractivity contribution in [2.75, 3.05) is 13.2 Å². The summed E-state index contributed by atoms with van der Waals surface area (Å²) in [6.45, 7) is 3.77. The van der Waals surface area contributed by atoms with E-state index in [1.54, 1.807) is 6.07 Å². The van der Waals surface area contributed by atoms with E-state index in [2.05, 4.69) is 28.2 Å². The lowest BCUT2D eigenvalue weighted by Crippen LogP contribution is -2.25. The molecule has 0 aromatic heterocycles. The highest BCUT2D eigenvalue weighted by molar-refractivity contribution is 9.10. The van der Waals surface area contributed by atoms with Crippen LogP contribution in [0.2, 0.25) is 0 Å². The van der Waals surface area contributed by atoms with Crippen LogP contribution in [-0.2, 0) is 4.74 Å². The molecule has 1 fully saturated rings. The SMILES string of the molecule is CCNC(CCC1CCCCO1)c1cc(Br)ccc1F. The molecule has 2 nitrogen and oxygen atoms in total. The van der Waals surface area contributed by atoms with Crippen molar-refractivity contribution in [1.29, 1.82) is 0 Å². The average Bonchev–Trinajstić information content (AvgIpc) is 2.47. The predicted molar refractivity (Wildman–Crippen MR) is 83.3 cm³/mol. The van der Waals surface area contributed by atoms with Crippen molar-refractivity contribution in [3.05, 3.63) is 34.1 Å². The van der Waals surface area contributed by atoms with Gasteiger partial charge >= 0.3 is 0 Å².